The molecule has 114 valence electrons. The number of nitrogens with zero attached hydrogens (tertiary/aromatic N) is 1. The Morgan fingerprint density at radius 2 is 2.14 bits per heavy atom. The molecule has 1 aromatic heterocycles. The molecule has 0 fully saturated rings. The third-order valence-corrected chi connectivity index (χ3v) is 4.32. The van der Waals surface area contributed by atoms with Crippen LogP contribution < -0.4 is 15.2 Å². The molecular formula is C16H22N2O2S. The highest BCUT2D eigenvalue weighted by Crippen LogP contribution is 2.32. The Morgan fingerprint density at radius 3 is 2.76 bits per heavy atom. The van der Waals surface area contributed by atoms with Crippen molar-refractivity contribution >= 4 is 11.3 Å². The van der Waals surface area contributed by atoms with Gasteiger partial charge in [-0.1, -0.05) is 26.0 Å². The summed E-state index contributed by atoms with van der Waals surface area (Å²) in [6.45, 7) is 5.31. The smallest absolute Gasteiger partial charge is 0.164 e. The van der Waals surface area contributed by atoms with Gasteiger partial charge in [-0.25, -0.2) is 4.98 Å². The van der Waals surface area contributed by atoms with Crippen molar-refractivity contribution in [3.05, 3.63) is 39.8 Å². The summed E-state index contributed by atoms with van der Waals surface area (Å²) >= 11 is 1.67. The summed E-state index contributed by atoms with van der Waals surface area (Å²) < 4.78 is 11.3. The van der Waals surface area contributed by atoms with Gasteiger partial charge in [0, 0.05) is 11.3 Å². The lowest BCUT2D eigenvalue weighted by molar-refractivity contribution is 0.278. The van der Waals surface area contributed by atoms with Gasteiger partial charge in [0.15, 0.2) is 11.5 Å². The monoisotopic (exact) mass is 306 g/mol. The maximum atomic E-state index is 5.95. The van der Waals surface area contributed by atoms with Crippen LogP contribution in [-0.4, -0.2) is 18.6 Å². The van der Waals surface area contributed by atoms with Crippen molar-refractivity contribution in [2.45, 2.75) is 32.8 Å². The van der Waals surface area contributed by atoms with Gasteiger partial charge < -0.3 is 15.2 Å². The fraction of sp³-hybridized carbons (Fsp3) is 0.438. The van der Waals surface area contributed by atoms with Gasteiger partial charge in [0.2, 0.25) is 0 Å². The number of hydrogen-bond donors (Lipinski definition) is 1. The van der Waals surface area contributed by atoms with Gasteiger partial charge in [0.05, 0.1) is 17.8 Å². The summed E-state index contributed by atoms with van der Waals surface area (Å²) in [5.74, 6) is 1.95. The van der Waals surface area contributed by atoms with Crippen molar-refractivity contribution in [3.63, 3.8) is 0 Å². The lowest BCUT2D eigenvalue weighted by Gasteiger charge is -2.14. The Bertz CT molecular complexity index is 581. The predicted molar refractivity (Wildman–Crippen MR) is 86.3 cm³/mol. The second-order valence-electron chi connectivity index (χ2n) is 5.11. The molecule has 0 saturated heterocycles. The van der Waals surface area contributed by atoms with Gasteiger partial charge in [0.25, 0.3) is 0 Å². The van der Waals surface area contributed by atoms with Crippen LogP contribution in [0.4, 0.5) is 0 Å². The van der Waals surface area contributed by atoms with E-state index in [2.05, 4.69) is 18.8 Å². The molecule has 2 N–H and O–H groups in total. The molecule has 0 unspecified atom stereocenters. The molecule has 0 radical (unpaired) electrons. The van der Waals surface area contributed by atoms with Gasteiger partial charge in [0.1, 0.15) is 6.61 Å². The first-order valence-corrected chi connectivity index (χ1v) is 7.96. The van der Waals surface area contributed by atoms with E-state index < -0.39 is 0 Å². The quantitative estimate of drug-likeness (QED) is 0.852. The minimum absolute atomic E-state index is 0.446. The zero-order chi connectivity index (χ0) is 15.2. The molecule has 0 aliphatic heterocycles. The third-order valence-electron chi connectivity index (χ3n) is 3.12. The first-order valence-electron chi connectivity index (χ1n) is 7.08. The van der Waals surface area contributed by atoms with Crippen LogP contribution in [0.3, 0.4) is 0 Å². The number of thiazole rings is 1. The lowest BCUT2D eigenvalue weighted by atomic mass is 10.1. The topological polar surface area (TPSA) is 57.4 Å². The first-order chi connectivity index (χ1) is 10.2. The number of benzene rings is 1. The van der Waals surface area contributed by atoms with E-state index in [1.165, 1.54) is 0 Å². The number of nitrogens with two attached hydrogens (primary N) is 1. The number of ether oxygens (including phenoxy) is 2. The average Bonchev–Trinajstić information content (AvgIpc) is 2.95. The van der Waals surface area contributed by atoms with Gasteiger partial charge in [-0.05, 0) is 24.6 Å². The van der Waals surface area contributed by atoms with E-state index in [1.54, 1.807) is 18.4 Å². The van der Waals surface area contributed by atoms with E-state index in [4.69, 9.17) is 15.2 Å². The minimum Gasteiger partial charge on any atom is -0.493 e. The Kier molecular flexibility index (Phi) is 5.59. The molecule has 0 spiro atoms. The summed E-state index contributed by atoms with van der Waals surface area (Å²) in [7, 11) is 1.65. The SMILES string of the molecule is COc1cccc(CCN)c1OCc1csc(C(C)C)n1. The molecule has 0 bridgehead atoms. The van der Waals surface area contributed by atoms with Crippen molar-refractivity contribution in [1.82, 2.24) is 4.98 Å². The Labute approximate surface area is 129 Å². The fourth-order valence-electron chi connectivity index (χ4n) is 2.04. The molecule has 0 atom stereocenters. The molecule has 0 amide bonds. The molecule has 0 saturated carbocycles. The third kappa shape index (κ3) is 3.95. The predicted octanol–water partition coefficient (Wildman–Crippen LogP) is 3.36. The Morgan fingerprint density at radius 1 is 1.33 bits per heavy atom. The van der Waals surface area contributed by atoms with Crippen LogP contribution in [0.5, 0.6) is 11.5 Å². The maximum Gasteiger partial charge on any atom is 0.164 e. The molecule has 1 aromatic carbocycles. The van der Waals surface area contributed by atoms with E-state index in [9.17, 15) is 0 Å². The number of para-hydroxylation sites is 1. The van der Waals surface area contributed by atoms with E-state index in [0.29, 0.717) is 19.1 Å². The van der Waals surface area contributed by atoms with Crippen molar-refractivity contribution in [2.75, 3.05) is 13.7 Å². The lowest BCUT2D eigenvalue weighted by Crippen LogP contribution is -2.06. The summed E-state index contributed by atoms with van der Waals surface area (Å²) in [5, 5.41) is 3.18. The van der Waals surface area contributed by atoms with E-state index >= 15 is 0 Å². The van der Waals surface area contributed by atoms with Crippen LogP contribution in [0.15, 0.2) is 23.6 Å². The molecule has 2 aromatic rings. The van der Waals surface area contributed by atoms with Crippen LogP contribution >= 0.6 is 11.3 Å². The number of hydrogen-bond acceptors (Lipinski definition) is 5. The van der Waals surface area contributed by atoms with Gasteiger partial charge in [-0.3, -0.25) is 0 Å². The van der Waals surface area contributed by atoms with E-state index in [1.807, 2.05) is 23.6 Å². The Hall–Kier alpha value is -1.59. The van der Waals surface area contributed by atoms with Crippen LogP contribution in [0, 0.1) is 0 Å². The second kappa shape index (κ2) is 7.43. The zero-order valence-electron chi connectivity index (χ0n) is 12.8. The first kappa shape index (κ1) is 15.8. The van der Waals surface area contributed by atoms with Crippen LogP contribution in [0.25, 0.3) is 0 Å². The highest BCUT2D eigenvalue weighted by atomic mass is 32.1. The Balaban J connectivity index is 2.14. The summed E-state index contributed by atoms with van der Waals surface area (Å²) in [5.41, 5.74) is 7.68. The second-order valence-corrected chi connectivity index (χ2v) is 6.00. The zero-order valence-corrected chi connectivity index (χ0v) is 13.6. The molecule has 4 nitrogen and oxygen atoms in total. The van der Waals surface area contributed by atoms with Crippen LogP contribution in [-0.2, 0) is 13.0 Å². The van der Waals surface area contributed by atoms with Crippen molar-refractivity contribution < 1.29 is 9.47 Å². The fourth-order valence-corrected chi connectivity index (χ4v) is 2.86. The summed E-state index contributed by atoms with van der Waals surface area (Å²) in [6.07, 6.45) is 0.765. The van der Waals surface area contributed by atoms with Gasteiger partial charge in [-0.2, -0.15) is 0 Å². The standard InChI is InChI=1S/C16H22N2O2S/c1-11(2)16-18-13(10-21-16)9-20-15-12(7-8-17)5-4-6-14(15)19-3/h4-6,10-11H,7-9,17H2,1-3H3. The van der Waals surface area contributed by atoms with E-state index in [-0.39, 0.29) is 0 Å². The summed E-state index contributed by atoms with van der Waals surface area (Å²) in [4.78, 5) is 4.58. The van der Waals surface area contributed by atoms with Crippen molar-refractivity contribution in [3.8, 4) is 11.5 Å². The highest BCUT2D eigenvalue weighted by Gasteiger charge is 2.12. The maximum absolute atomic E-state index is 5.95. The molecule has 5 heteroatoms. The number of aromatic nitrogens is 1. The largest absolute Gasteiger partial charge is 0.493 e. The molecule has 0 aliphatic carbocycles. The molecule has 21 heavy (non-hydrogen) atoms. The molecule has 2 rings (SSSR count). The van der Waals surface area contributed by atoms with Gasteiger partial charge in [-0.15, -0.1) is 11.3 Å². The van der Waals surface area contributed by atoms with E-state index in [0.717, 1.165) is 34.2 Å². The molecule has 0 aliphatic rings. The molecule has 1 heterocycles. The van der Waals surface area contributed by atoms with Crippen LogP contribution in [0.1, 0.15) is 36.0 Å². The average molecular weight is 306 g/mol. The van der Waals surface area contributed by atoms with Crippen molar-refractivity contribution in [2.24, 2.45) is 5.73 Å². The van der Waals surface area contributed by atoms with Gasteiger partial charge >= 0.3 is 0 Å². The summed E-state index contributed by atoms with van der Waals surface area (Å²) in [6, 6.07) is 5.87. The molecular weight excluding hydrogens is 284 g/mol. The normalized spacial score (nSPS) is 10.9. The minimum atomic E-state index is 0.446. The number of rotatable bonds is 7. The number of methoxy groups -OCH3 is 1. The highest BCUT2D eigenvalue weighted by molar-refractivity contribution is 7.09. The van der Waals surface area contributed by atoms with Crippen molar-refractivity contribution in [1.29, 1.82) is 0 Å². The van der Waals surface area contributed by atoms with Crippen LogP contribution in [0.2, 0.25) is 0 Å².